The Bertz CT molecular complexity index is 213. The van der Waals surface area contributed by atoms with Crippen LogP contribution in [0, 0.1) is 0 Å². The summed E-state index contributed by atoms with van der Waals surface area (Å²) in [7, 11) is 0. The molecule has 0 aliphatic carbocycles. The van der Waals surface area contributed by atoms with E-state index in [1.165, 1.54) is 0 Å². The van der Waals surface area contributed by atoms with Crippen molar-refractivity contribution in [2.45, 2.75) is 18.9 Å². The second-order valence-electron chi connectivity index (χ2n) is 2.45. The average Bonchev–Trinajstić information content (AvgIpc) is 2.37. The highest BCUT2D eigenvalue weighted by Crippen LogP contribution is 2.05. The summed E-state index contributed by atoms with van der Waals surface area (Å²) in [5, 5.41) is 2.38. The number of carbonyl (C=O) groups excluding carboxylic acids is 3. The molecule has 1 aliphatic heterocycles. The molecule has 1 atom stereocenters. The first kappa shape index (κ1) is 8.70. The highest BCUT2D eigenvalue weighted by Gasteiger charge is 2.27. The van der Waals surface area contributed by atoms with E-state index in [2.05, 4.69) is 10.1 Å². The van der Waals surface area contributed by atoms with Gasteiger partial charge in [-0.05, 0) is 0 Å². The van der Waals surface area contributed by atoms with E-state index in [4.69, 9.17) is 0 Å². The molecule has 1 saturated heterocycles. The van der Waals surface area contributed by atoms with Gasteiger partial charge in [0.2, 0.25) is 5.91 Å². The number of hydrogen-bond donors (Lipinski definition) is 1. The van der Waals surface area contributed by atoms with Crippen LogP contribution in [-0.2, 0) is 19.1 Å². The number of aldehydes is 1. The maximum atomic E-state index is 10.8. The van der Waals surface area contributed by atoms with Crippen LogP contribution in [-0.4, -0.2) is 30.8 Å². The Morgan fingerprint density at radius 3 is 3.00 bits per heavy atom. The van der Waals surface area contributed by atoms with Crippen LogP contribution in [0.25, 0.3) is 0 Å². The average molecular weight is 171 g/mol. The lowest BCUT2D eigenvalue weighted by Crippen LogP contribution is -2.37. The van der Waals surface area contributed by atoms with Gasteiger partial charge in [-0.3, -0.25) is 4.79 Å². The van der Waals surface area contributed by atoms with Crippen molar-refractivity contribution in [3.8, 4) is 0 Å². The van der Waals surface area contributed by atoms with Crippen molar-refractivity contribution in [1.29, 1.82) is 0 Å². The SMILES string of the molecule is O=CCC(=O)NC1CCOC1=O. The number of carbonyl (C=O) groups is 3. The molecule has 1 N–H and O–H groups in total. The minimum absolute atomic E-state index is 0.205. The van der Waals surface area contributed by atoms with Gasteiger partial charge in [-0.25, -0.2) is 4.79 Å². The molecule has 0 aromatic rings. The number of rotatable bonds is 3. The summed E-state index contributed by atoms with van der Waals surface area (Å²) in [4.78, 5) is 31.5. The number of cyclic esters (lactones) is 1. The van der Waals surface area contributed by atoms with Crippen molar-refractivity contribution in [3.63, 3.8) is 0 Å². The quantitative estimate of drug-likeness (QED) is 0.336. The van der Waals surface area contributed by atoms with E-state index in [0.717, 1.165) is 0 Å². The predicted octanol–water partition coefficient (Wildman–Crippen LogP) is -0.993. The zero-order valence-corrected chi connectivity index (χ0v) is 6.41. The largest absolute Gasteiger partial charge is 0.464 e. The number of ether oxygens (including phenoxy) is 1. The molecule has 12 heavy (non-hydrogen) atoms. The molecule has 5 nitrogen and oxygen atoms in total. The molecule has 0 radical (unpaired) electrons. The Morgan fingerprint density at radius 2 is 2.50 bits per heavy atom. The Kier molecular flexibility index (Phi) is 2.79. The molecule has 0 spiro atoms. The summed E-state index contributed by atoms with van der Waals surface area (Å²) >= 11 is 0. The molecule has 0 bridgehead atoms. The lowest BCUT2D eigenvalue weighted by atomic mass is 10.2. The van der Waals surface area contributed by atoms with Crippen molar-refractivity contribution >= 4 is 18.2 Å². The molecule has 1 aliphatic rings. The van der Waals surface area contributed by atoms with E-state index >= 15 is 0 Å². The van der Waals surface area contributed by atoms with Crippen molar-refractivity contribution < 1.29 is 19.1 Å². The molecule has 0 aromatic carbocycles. The van der Waals surface area contributed by atoms with Crippen LogP contribution in [0.5, 0.6) is 0 Å². The fourth-order valence-electron chi connectivity index (χ4n) is 0.956. The Balaban J connectivity index is 2.34. The van der Waals surface area contributed by atoms with Gasteiger partial charge in [-0.2, -0.15) is 0 Å². The van der Waals surface area contributed by atoms with Gasteiger partial charge >= 0.3 is 5.97 Å². The molecule has 1 fully saturated rings. The van der Waals surface area contributed by atoms with Crippen LogP contribution < -0.4 is 5.32 Å². The Hall–Kier alpha value is -1.39. The fraction of sp³-hybridized carbons (Fsp3) is 0.571. The zero-order valence-electron chi connectivity index (χ0n) is 6.41. The third-order valence-corrected chi connectivity index (χ3v) is 1.54. The van der Waals surface area contributed by atoms with Crippen LogP contribution in [0.2, 0.25) is 0 Å². The fourth-order valence-corrected chi connectivity index (χ4v) is 0.956. The lowest BCUT2D eigenvalue weighted by Gasteiger charge is -2.05. The van der Waals surface area contributed by atoms with Gasteiger partial charge in [-0.15, -0.1) is 0 Å². The molecule has 1 unspecified atom stereocenters. The third-order valence-electron chi connectivity index (χ3n) is 1.54. The van der Waals surface area contributed by atoms with E-state index in [1.807, 2.05) is 0 Å². The summed E-state index contributed by atoms with van der Waals surface area (Å²) in [5.41, 5.74) is 0. The van der Waals surface area contributed by atoms with E-state index in [0.29, 0.717) is 19.3 Å². The minimum Gasteiger partial charge on any atom is -0.464 e. The summed E-state index contributed by atoms with van der Waals surface area (Å²) in [6.07, 6.45) is 0.781. The summed E-state index contributed by atoms with van der Waals surface area (Å²) < 4.78 is 4.60. The summed E-state index contributed by atoms with van der Waals surface area (Å²) in [5.74, 6) is -0.858. The maximum absolute atomic E-state index is 10.8. The third kappa shape index (κ3) is 2.05. The molecule has 1 amide bonds. The second kappa shape index (κ2) is 3.85. The van der Waals surface area contributed by atoms with E-state index in [9.17, 15) is 14.4 Å². The molecular weight excluding hydrogens is 162 g/mol. The van der Waals surface area contributed by atoms with Gasteiger partial charge in [0.05, 0.1) is 13.0 Å². The van der Waals surface area contributed by atoms with Gasteiger partial charge in [0.1, 0.15) is 12.3 Å². The van der Waals surface area contributed by atoms with E-state index in [1.54, 1.807) is 0 Å². The maximum Gasteiger partial charge on any atom is 0.328 e. The van der Waals surface area contributed by atoms with Crippen molar-refractivity contribution in [2.75, 3.05) is 6.61 Å². The first-order chi connectivity index (χ1) is 5.74. The molecule has 66 valence electrons. The van der Waals surface area contributed by atoms with Gasteiger partial charge in [0.25, 0.3) is 0 Å². The standard InChI is InChI=1S/C7H9NO4/c9-3-1-6(10)8-5-2-4-12-7(5)11/h3,5H,1-2,4H2,(H,8,10). The van der Waals surface area contributed by atoms with Gasteiger partial charge in [0.15, 0.2) is 0 Å². The van der Waals surface area contributed by atoms with E-state index in [-0.39, 0.29) is 6.42 Å². The molecule has 5 heteroatoms. The van der Waals surface area contributed by atoms with Crippen molar-refractivity contribution in [3.05, 3.63) is 0 Å². The van der Waals surface area contributed by atoms with E-state index < -0.39 is 17.9 Å². The van der Waals surface area contributed by atoms with Crippen LogP contribution in [0.1, 0.15) is 12.8 Å². The monoisotopic (exact) mass is 171 g/mol. The van der Waals surface area contributed by atoms with Crippen molar-refractivity contribution in [2.24, 2.45) is 0 Å². The predicted molar refractivity (Wildman–Crippen MR) is 38.2 cm³/mol. The Labute approximate surface area is 69.1 Å². The molecule has 0 saturated carbocycles. The molecule has 0 aromatic heterocycles. The van der Waals surface area contributed by atoms with Gasteiger partial charge in [0, 0.05) is 6.42 Å². The minimum atomic E-state index is -0.558. The second-order valence-corrected chi connectivity index (χ2v) is 2.45. The van der Waals surface area contributed by atoms with Crippen LogP contribution >= 0.6 is 0 Å². The zero-order chi connectivity index (χ0) is 8.97. The number of hydrogen-bond acceptors (Lipinski definition) is 4. The molecule has 1 heterocycles. The number of amides is 1. The first-order valence-corrected chi connectivity index (χ1v) is 3.63. The lowest BCUT2D eigenvalue weighted by molar-refractivity contribution is -0.141. The molecular formula is C7H9NO4. The number of esters is 1. The topological polar surface area (TPSA) is 72.5 Å². The molecule has 1 rings (SSSR count). The van der Waals surface area contributed by atoms with Gasteiger partial charge in [-0.1, -0.05) is 0 Å². The normalized spacial score (nSPS) is 21.7. The number of nitrogens with one attached hydrogen (secondary N) is 1. The highest BCUT2D eigenvalue weighted by molar-refractivity contribution is 5.91. The summed E-state index contributed by atoms with van der Waals surface area (Å²) in [6, 6.07) is -0.558. The first-order valence-electron chi connectivity index (χ1n) is 3.63. The van der Waals surface area contributed by atoms with Crippen LogP contribution in [0.15, 0.2) is 0 Å². The Morgan fingerprint density at radius 1 is 1.75 bits per heavy atom. The van der Waals surface area contributed by atoms with Crippen LogP contribution in [0.3, 0.4) is 0 Å². The smallest absolute Gasteiger partial charge is 0.328 e. The van der Waals surface area contributed by atoms with Crippen molar-refractivity contribution in [1.82, 2.24) is 5.32 Å². The van der Waals surface area contributed by atoms with Crippen LogP contribution in [0.4, 0.5) is 0 Å². The van der Waals surface area contributed by atoms with Gasteiger partial charge < -0.3 is 14.8 Å². The summed E-state index contributed by atoms with van der Waals surface area (Å²) in [6.45, 7) is 0.338. The highest BCUT2D eigenvalue weighted by atomic mass is 16.5.